The molecule has 0 unspecified atom stereocenters. The van der Waals surface area contributed by atoms with Crippen LogP contribution in [0.25, 0.3) is 0 Å². The minimum absolute atomic E-state index is 0.152. The van der Waals surface area contributed by atoms with Gasteiger partial charge >= 0.3 is 0 Å². The lowest BCUT2D eigenvalue weighted by Gasteiger charge is -2.18. The average Bonchev–Trinajstić information content (AvgIpc) is 2.80. The van der Waals surface area contributed by atoms with Crippen LogP contribution in [-0.4, -0.2) is 45.7 Å². The van der Waals surface area contributed by atoms with Gasteiger partial charge in [-0.05, 0) is 60.5 Å². The van der Waals surface area contributed by atoms with Crippen LogP contribution < -0.4 is 9.47 Å². The second-order valence-corrected chi connectivity index (χ2v) is 9.63. The topological polar surface area (TPSA) is 72.9 Å². The molecule has 0 N–H and O–H groups in total. The largest absolute Gasteiger partial charge is 0.493 e. The molecule has 3 aromatic rings. The lowest BCUT2D eigenvalue weighted by molar-refractivity contribution is 0.0787. The lowest BCUT2D eigenvalue weighted by atomic mass is 10.2. The number of hydrogen-bond acceptors (Lipinski definition) is 5. The molecule has 0 aliphatic rings. The molecule has 0 saturated heterocycles. The number of carbonyl (C=O) groups is 1. The van der Waals surface area contributed by atoms with E-state index >= 15 is 0 Å². The first kappa shape index (κ1) is 24.3. The highest BCUT2D eigenvalue weighted by molar-refractivity contribution is 7.90. The molecule has 0 aromatic heterocycles. The van der Waals surface area contributed by atoms with Crippen LogP contribution in [0.5, 0.6) is 11.5 Å². The Kier molecular flexibility index (Phi) is 8.06. The molecule has 0 spiro atoms. The summed E-state index contributed by atoms with van der Waals surface area (Å²) in [4.78, 5) is 14.5. The van der Waals surface area contributed by atoms with Gasteiger partial charge in [-0.3, -0.25) is 4.79 Å². The molecule has 0 aliphatic heterocycles. The van der Waals surface area contributed by atoms with Gasteiger partial charge < -0.3 is 14.4 Å². The standard InChI is InChI=1S/C25H26FNO5S/c1-27(14-5-15-31-23-8-4-9-24(17-23)33(2,29)30)25(28)20-6-3-7-22(16-20)32-18-19-10-12-21(26)13-11-19/h3-4,6-13,16-17H,5,14-15,18H2,1-2H3. The molecule has 1 amide bonds. The molecule has 33 heavy (non-hydrogen) atoms. The van der Waals surface area contributed by atoms with Crippen molar-refractivity contribution in [1.82, 2.24) is 4.90 Å². The van der Waals surface area contributed by atoms with Crippen molar-refractivity contribution in [2.24, 2.45) is 0 Å². The van der Waals surface area contributed by atoms with Crippen molar-refractivity contribution < 1.29 is 27.1 Å². The maximum absolute atomic E-state index is 13.0. The predicted molar refractivity (Wildman–Crippen MR) is 124 cm³/mol. The fraction of sp³-hybridized carbons (Fsp3) is 0.240. The molecule has 6 nitrogen and oxygen atoms in total. The molecular formula is C25H26FNO5S. The van der Waals surface area contributed by atoms with E-state index in [-0.39, 0.29) is 23.2 Å². The quantitative estimate of drug-likeness (QED) is 0.411. The molecule has 3 rings (SSSR count). The molecular weight excluding hydrogens is 445 g/mol. The minimum atomic E-state index is -3.29. The normalized spacial score (nSPS) is 11.1. The van der Waals surface area contributed by atoms with E-state index in [9.17, 15) is 17.6 Å². The number of hydrogen-bond donors (Lipinski definition) is 0. The van der Waals surface area contributed by atoms with Crippen LogP contribution in [0.15, 0.2) is 77.7 Å². The van der Waals surface area contributed by atoms with Gasteiger partial charge in [-0.15, -0.1) is 0 Å². The maximum Gasteiger partial charge on any atom is 0.253 e. The fourth-order valence-corrected chi connectivity index (χ4v) is 3.73. The SMILES string of the molecule is CN(CCCOc1cccc(S(C)(=O)=O)c1)C(=O)c1cccc(OCc2ccc(F)cc2)c1. The summed E-state index contributed by atoms with van der Waals surface area (Å²) in [5.74, 6) is 0.564. The highest BCUT2D eigenvalue weighted by Crippen LogP contribution is 2.18. The summed E-state index contributed by atoms with van der Waals surface area (Å²) >= 11 is 0. The van der Waals surface area contributed by atoms with Gasteiger partial charge in [-0.1, -0.05) is 24.3 Å². The molecule has 3 aromatic carbocycles. The van der Waals surface area contributed by atoms with Gasteiger partial charge in [0.1, 0.15) is 23.9 Å². The first-order valence-corrected chi connectivity index (χ1v) is 12.3. The number of amides is 1. The van der Waals surface area contributed by atoms with Crippen LogP contribution in [0.1, 0.15) is 22.3 Å². The Labute approximate surface area is 193 Å². The monoisotopic (exact) mass is 471 g/mol. The molecule has 0 heterocycles. The Morgan fingerprint density at radius 1 is 0.939 bits per heavy atom. The number of rotatable bonds is 10. The zero-order valence-corrected chi connectivity index (χ0v) is 19.3. The smallest absolute Gasteiger partial charge is 0.253 e. The predicted octanol–water partition coefficient (Wildman–Crippen LogP) is 4.35. The van der Waals surface area contributed by atoms with Gasteiger partial charge in [0.2, 0.25) is 0 Å². The third kappa shape index (κ3) is 7.32. The fourth-order valence-electron chi connectivity index (χ4n) is 3.07. The van der Waals surface area contributed by atoms with E-state index in [4.69, 9.17) is 9.47 Å². The highest BCUT2D eigenvalue weighted by Gasteiger charge is 2.13. The van der Waals surface area contributed by atoms with E-state index in [1.165, 1.54) is 24.3 Å². The van der Waals surface area contributed by atoms with Gasteiger partial charge in [-0.2, -0.15) is 0 Å². The number of halogens is 1. The lowest BCUT2D eigenvalue weighted by Crippen LogP contribution is -2.28. The third-order valence-corrected chi connectivity index (χ3v) is 6.00. The molecule has 0 fully saturated rings. The zero-order chi connectivity index (χ0) is 23.8. The zero-order valence-electron chi connectivity index (χ0n) is 18.5. The number of ether oxygens (including phenoxy) is 2. The molecule has 0 bridgehead atoms. The van der Waals surface area contributed by atoms with E-state index in [1.807, 2.05) is 0 Å². The number of nitrogens with zero attached hydrogens (tertiary/aromatic N) is 1. The Hall–Kier alpha value is -3.39. The third-order valence-electron chi connectivity index (χ3n) is 4.89. The first-order valence-electron chi connectivity index (χ1n) is 10.4. The molecule has 8 heteroatoms. The van der Waals surface area contributed by atoms with E-state index in [2.05, 4.69) is 0 Å². The van der Waals surface area contributed by atoms with Crippen molar-refractivity contribution in [1.29, 1.82) is 0 Å². The summed E-state index contributed by atoms with van der Waals surface area (Å²) < 4.78 is 47.7. The second kappa shape index (κ2) is 11.0. The molecule has 0 radical (unpaired) electrons. The second-order valence-electron chi connectivity index (χ2n) is 7.62. The molecule has 0 aliphatic carbocycles. The molecule has 174 valence electrons. The van der Waals surface area contributed by atoms with Gasteiger partial charge in [0.25, 0.3) is 5.91 Å². The van der Waals surface area contributed by atoms with E-state index in [0.29, 0.717) is 36.6 Å². The minimum Gasteiger partial charge on any atom is -0.493 e. The van der Waals surface area contributed by atoms with Crippen LogP contribution in [-0.2, 0) is 16.4 Å². The summed E-state index contributed by atoms with van der Waals surface area (Å²) in [5.41, 5.74) is 1.32. The van der Waals surface area contributed by atoms with Gasteiger partial charge in [0.15, 0.2) is 9.84 Å². The summed E-state index contributed by atoms with van der Waals surface area (Å²) in [6.45, 7) is 1.07. The molecule has 0 atom stereocenters. The van der Waals surface area contributed by atoms with Crippen LogP contribution >= 0.6 is 0 Å². The van der Waals surface area contributed by atoms with Crippen molar-refractivity contribution in [2.45, 2.75) is 17.9 Å². The van der Waals surface area contributed by atoms with Crippen molar-refractivity contribution in [3.05, 3.63) is 89.7 Å². The Balaban J connectivity index is 1.48. The van der Waals surface area contributed by atoms with Gasteiger partial charge in [0, 0.05) is 25.4 Å². The van der Waals surface area contributed by atoms with E-state index in [0.717, 1.165) is 11.8 Å². The van der Waals surface area contributed by atoms with E-state index < -0.39 is 9.84 Å². The Bertz CT molecular complexity index is 1200. The maximum atomic E-state index is 13.0. The Morgan fingerprint density at radius 3 is 2.30 bits per heavy atom. The average molecular weight is 472 g/mol. The number of benzene rings is 3. The van der Waals surface area contributed by atoms with Crippen molar-refractivity contribution in [3.63, 3.8) is 0 Å². The van der Waals surface area contributed by atoms with Crippen LogP contribution in [0.3, 0.4) is 0 Å². The number of sulfone groups is 1. The van der Waals surface area contributed by atoms with Gasteiger partial charge in [-0.25, -0.2) is 12.8 Å². The van der Waals surface area contributed by atoms with Crippen LogP contribution in [0, 0.1) is 5.82 Å². The summed E-state index contributed by atoms with van der Waals surface area (Å²) in [6.07, 6.45) is 1.72. The van der Waals surface area contributed by atoms with Crippen LogP contribution in [0.4, 0.5) is 4.39 Å². The van der Waals surface area contributed by atoms with Gasteiger partial charge in [0.05, 0.1) is 11.5 Å². The summed E-state index contributed by atoms with van der Waals surface area (Å²) in [6, 6.07) is 19.3. The summed E-state index contributed by atoms with van der Waals surface area (Å²) in [5, 5.41) is 0. The van der Waals surface area contributed by atoms with Crippen molar-refractivity contribution in [3.8, 4) is 11.5 Å². The Morgan fingerprint density at radius 2 is 1.61 bits per heavy atom. The van der Waals surface area contributed by atoms with E-state index in [1.54, 1.807) is 60.5 Å². The number of carbonyl (C=O) groups excluding carboxylic acids is 1. The van der Waals surface area contributed by atoms with Crippen LogP contribution in [0.2, 0.25) is 0 Å². The van der Waals surface area contributed by atoms with Crippen molar-refractivity contribution >= 4 is 15.7 Å². The summed E-state index contributed by atoms with van der Waals surface area (Å²) in [7, 11) is -1.59. The molecule has 0 saturated carbocycles. The first-order chi connectivity index (χ1) is 15.7. The highest BCUT2D eigenvalue weighted by atomic mass is 32.2. The van der Waals surface area contributed by atoms with Crippen molar-refractivity contribution in [2.75, 3.05) is 26.5 Å².